The second kappa shape index (κ2) is 9.25. The summed E-state index contributed by atoms with van der Waals surface area (Å²) in [5.41, 5.74) is 3.81. The number of nitrogens with one attached hydrogen (secondary N) is 1. The van der Waals surface area contributed by atoms with Crippen molar-refractivity contribution < 1.29 is 9.53 Å². The molecule has 0 saturated carbocycles. The Labute approximate surface area is 172 Å². The number of rotatable bonds is 5. The van der Waals surface area contributed by atoms with E-state index in [0.29, 0.717) is 10.6 Å². The number of nitrogens with zero attached hydrogens (tertiary/aromatic N) is 1. The molecule has 2 aromatic rings. The van der Waals surface area contributed by atoms with Crippen LogP contribution < -0.4 is 10.2 Å². The molecule has 1 N–H and O–H groups in total. The van der Waals surface area contributed by atoms with Gasteiger partial charge in [-0.1, -0.05) is 17.5 Å². The molecule has 0 heterocycles. The summed E-state index contributed by atoms with van der Waals surface area (Å²) < 4.78 is 7.34. The number of hydrogen-bond acceptors (Lipinski definition) is 3. The minimum absolute atomic E-state index is 0.219. The number of halogens is 3. The molecule has 0 atom stereocenters. The number of terminal acetylenes is 1. The molecular formula is C17H11ClI2N2O2. The maximum absolute atomic E-state index is 11.9. The average molecular weight is 565 g/mol. The van der Waals surface area contributed by atoms with Crippen LogP contribution in [0, 0.1) is 19.5 Å². The van der Waals surface area contributed by atoms with Crippen LogP contribution in [0.3, 0.4) is 0 Å². The Hall–Kier alpha value is -1.31. The maximum atomic E-state index is 11.9. The van der Waals surface area contributed by atoms with E-state index in [2.05, 4.69) is 61.6 Å². The summed E-state index contributed by atoms with van der Waals surface area (Å²) in [5, 5.41) is 4.55. The summed E-state index contributed by atoms with van der Waals surface area (Å²) >= 11 is 10.1. The van der Waals surface area contributed by atoms with Gasteiger partial charge in [0.05, 0.1) is 13.4 Å². The fourth-order valence-corrected chi connectivity index (χ4v) is 3.99. The highest BCUT2D eigenvalue weighted by atomic mass is 127. The van der Waals surface area contributed by atoms with Crippen molar-refractivity contribution in [3.63, 3.8) is 0 Å². The van der Waals surface area contributed by atoms with Crippen LogP contribution in [-0.4, -0.2) is 18.7 Å². The lowest BCUT2D eigenvalue weighted by Crippen LogP contribution is -2.17. The molecular weight excluding hydrogens is 553 g/mol. The molecule has 7 heteroatoms. The van der Waals surface area contributed by atoms with E-state index < -0.39 is 0 Å². The van der Waals surface area contributed by atoms with Crippen molar-refractivity contribution in [1.82, 2.24) is 5.43 Å². The zero-order valence-corrected chi connectivity index (χ0v) is 17.3. The van der Waals surface area contributed by atoms with Crippen LogP contribution in [-0.2, 0) is 0 Å². The lowest BCUT2D eigenvalue weighted by atomic mass is 10.2. The topological polar surface area (TPSA) is 50.7 Å². The van der Waals surface area contributed by atoms with E-state index in [-0.39, 0.29) is 12.5 Å². The first-order valence-electron chi connectivity index (χ1n) is 6.65. The molecule has 0 bridgehead atoms. The summed E-state index contributed by atoms with van der Waals surface area (Å²) in [6.45, 7) is 0.219. The van der Waals surface area contributed by atoms with Gasteiger partial charge in [0.2, 0.25) is 0 Å². The Kier molecular flexibility index (Phi) is 7.33. The standard InChI is InChI=1S/C17H11ClI2N2O2/c1-2-7-24-16-14(19)8-11(9-15(16)20)10-21-22-17(23)12-3-5-13(18)6-4-12/h1,3-6,8-10H,7H2,(H,22,23)/b21-10-. The van der Waals surface area contributed by atoms with Crippen molar-refractivity contribution in [3.8, 4) is 18.1 Å². The van der Waals surface area contributed by atoms with Gasteiger partial charge in [-0.05, 0) is 87.1 Å². The molecule has 4 nitrogen and oxygen atoms in total. The SMILES string of the molecule is C#CCOc1c(I)cc(/C=N\NC(=O)c2ccc(Cl)cc2)cc1I. The zero-order valence-electron chi connectivity index (χ0n) is 12.2. The maximum Gasteiger partial charge on any atom is 0.271 e. The van der Waals surface area contributed by atoms with E-state index in [1.54, 1.807) is 30.5 Å². The molecule has 0 aliphatic heterocycles. The van der Waals surface area contributed by atoms with Crippen LogP contribution >= 0.6 is 56.8 Å². The number of hydrazone groups is 1. The Balaban J connectivity index is 2.05. The number of benzene rings is 2. The lowest BCUT2D eigenvalue weighted by molar-refractivity contribution is 0.0955. The predicted molar refractivity (Wildman–Crippen MR) is 113 cm³/mol. The number of carbonyl (C=O) groups is 1. The first kappa shape index (κ1) is 19.0. The summed E-state index contributed by atoms with van der Waals surface area (Å²) in [6.07, 6.45) is 6.78. The molecule has 0 unspecified atom stereocenters. The van der Waals surface area contributed by atoms with Gasteiger partial charge in [0, 0.05) is 10.6 Å². The Bertz CT molecular complexity index is 791. The minimum atomic E-state index is -0.304. The Morgan fingerprint density at radius 1 is 1.29 bits per heavy atom. The molecule has 0 spiro atoms. The third kappa shape index (κ3) is 5.36. The highest BCUT2D eigenvalue weighted by Crippen LogP contribution is 2.28. The fourth-order valence-electron chi connectivity index (χ4n) is 1.74. The number of hydrogen-bond donors (Lipinski definition) is 1. The monoisotopic (exact) mass is 564 g/mol. The molecule has 0 aliphatic rings. The van der Waals surface area contributed by atoms with Gasteiger partial charge in [0.25, 0.3) is 5.91 Å². The highest BCUT2D eigenvalue weighted by molar-refractivity contribution is 14.1. The molecule has 1 amide bonds. The molecule has 0 fully saturated rings. The molecule has 0 saturated heterocycles. The van der Waals surface area contributed by atoms with Crippen LogP contribution in [0.5, 0.6) is 5.75 Å². The van der Waals surface area contributed by atoms with E-state index in [1.807, 2.05) is 12.1 Å². The second-order valence-electron chi connectivity index (χ2n) is 4.51. The van der Waals surface area contributed by atoms with E-state index in [1.165, 1.54) is 0 Å². The molecule has 2 rings (SSSR count). The van der Waals surface area contributed by atoms with Crippen molar-refractivity contribution in [2.75, 3.05) is 6.61 Å². The number of ether oxygens (including phenoxy) is 1. The van der Waals surface area contributed by atoms with Gasteiger partial charge in [-0.2, -0.15) is 5.10 Å². The normalized spacial score (nSPS) is 10.4. The highest BCUT2D eigenvalue weighted by Gasteiger charge is 2.08. The largest absolute Gasteiger partial charge is 0.479 e. The van der Waals surface area contributed by atoms with E-state index >= 15 is 0 Å². The van der Waals surface area contributed by atoms with E-state index in [4.69, 9.17) is 22.8 Å². The van der Waals surface area contributed by atoms with Crippen LogP contribution in [0.2, 0.25) is 5.02 Å². The smallest absolute Gasteiger partial charge is 0.271 e. The summed E-state index contributed by atoms with van der Waals surface area (Å²) in [5.74, 6) is 2.88. The van der Waals surface area contributed by atoms with Crippen LogP contribution in [0.15, 0.2) is 41.5 Å². The quantitative estimate of drug-likeness (QED) is 0.255. The van der Waals surface area contributed by atoms with Gasteiger partial charge in [-0.25, -0.2) is 5.43 Å². The van der Waals surface area contributed by atoms with Crippen LogP contribution in [0.4, 0.5) is 0 Å². The van der Waals surface area contributed by atoms with Gasteiger partial charge in [-0.15, -0.1) is 6.42 Å². The molecule has 24 heavy (non-hydrogen) atoms. The molecule has 122 valence electrons. The summed E-state index contributed by atoms with van der Waals surface area (Å²) in [7, 11) is 0. The van der Waals surface area contributed by atoms with Gasteiger partial charge in [-0.3, -0.25) is 4.79 Å². The molecule has 0 aromatic heterocycles. The lowest BCUT2D eigenvalue weighted by Gasteiger charge is -2.08. The first-order valence-corrected chi connectivity index (χ1v) is 9.19. The second-order valence-corrected chi connectivity index (χ2v) is 7.27. The van der Waals surface area contributed by atoms with E-state index in [0.717, 1.165) is 18.5 Å². The minimum Gasteiger partial charge on any atom is -0.479 e. The number of carbonyl (C=O) groups excluding carboxylic acids is 1. The molecule has 0 aliphatic carbocycles. The van der Waals surface area contributed by atoms with Crippen molar-refractivity contribution in [2.24, 2.45) is 5.10 Å². The van der Waals surface area contributed by atoms with Gasteiger partial charge < -0.3 is 4.74 Å². The Morgan fingerprint density at radius 2 is 1.92 bits per heavy atom. The first-order chi connectivity index (χ1) is 11.5. The van der Waals surface area contributed by atoms with Crippen LogP contribution in [0.1, 0.15) is 15.9 Å². The van der Waals surface area contributed by atoms with Crippen molar-refractivity contribution in [1.29, 1.82) is 0 Å². The summed E-state index contributed by atoms with van der Waals surface area (Å²) in [4.78, 5) is 11.9. The molecule has 2 aromatic carbocycles. The van der Waals surface area contributed by atoms with Crippen molar-refractivity contribution in [2.45, 2.75) is 0 Å². The Morgan fingerprint density at radius 3 is 2.50 bits per heavy atom. The predicted octanol–water partition coefficient (Wildman–Crippen LogP) is 4.33. The third-order valence-corrected chi connectivity index (χ3v) is 4.66. The zero-order chi connectivity index (χ0) is 17.5. The van der Waals surface area contributed by atoms with Crippen molar-refractivity contribution in [3.05, 3.63) is 59.7 Å². The fraction of sp³-hybridized carbons (Fsp3) is 0.0588. The van der Waals surface area contributed by atoms with Gasteiger partial charge in [0.15, 0.2) is 0 Å². The summed E-state index contributed by atoms with van der Waals surface area (Å²) in [6, 6.07) is 10.4. The van der Waals surface area contributed by atoms with Gasteiger partial charge >= 0.3 is 0 Å². The molecule has 0 radical (unpaired) electrons. The third-order valence-electron chi connectivity index (χ3n) is 2.81. The number of amides is 1. The van der Waals surface area contributed by atoms with Crippen molar-refractivity contribution >= 4 is 68.9 Å². The van der Waals surface area contributed by atoms with E-state index in [9.17, 15) is 4.79 Å². The van der Waals surface area contributed by atoms with Crippen LogP contribution in [0.25, 0.3) is 0 Å². The van der Waals surface area contributed by atoms with Gasteiger partial charge in [0.1, 0.15) is 12.4 Å². The average Bonchev–Trinajstić information content (AvgIpc) is 2.54.